The fourth-order valence-electron chi connectivity index (χ4n) is 3.24. The number of halogens is 1. The second-order valence-corrected chi connectivity index (χ2v) is 7.74. The molecule has 0 saturated heterocycles. The van der Waals surface area contributed by atoms with E-state index in [4.69, 9.17) is 16.3 Å². The Bertz CT molecular complexity index is 703. The van der Waals surface area contributed by atoms with Crippen molar-refractivity contribution >= 4 is 33.9 Å². The van der Waals surface area contributed by atoms with Crippen molar-refractivity contribution in [3.8, 4) is 11.3 Å². The molecule has 1 aliphatic rings. The Morgan fingerprint density at radius 1 is 1.27 bits per heavy atom. The first-order valence-corrected chi connectivity index (χ1v) is 10.2. The van der Waals surface area contributed by atoms with Crippen LogP contribution in [0.2, 0.25) is 5.02 Å². The Kier molecular flexibility index (Phi) is 7.07. The van der Waals surface area contributed by atoms with E-state index in [9.17, 15) is 0 Å². The zero-order valence-corrected chi connectivity index (χ0v) is 16.8. The molecule has 3 N–H and O–H groups in total. The van der Waals surface area contributed by atoms with Crippen molar-refractivity contribution in [2.75, 3.05) is 37.9 Å². The molecule has 2 heterocycles. The molecule has 0 aliphatic heterocycles. The third kappa shape index (κ3) is 5.07. The van der Waals surface area contributed by atoms with Crippen LogP contribution in [0.25, 0.3) is 11.3 Å². The van der Waals surface area contributed by atoms with E-state index < -0.39 is 0 Å². The molecular weight excluding hydrogens is 370 g/mol. The summed E-state index contributed by atoms with van der Waals surface area (Å²) in [6, 6.07) is 3.03. The quantitative estimate of drug-likeness (QED) is 0.589. The van der Waals surface area contributed by atoms with Crippen molar-refractivity contribution in [3.05, 3.63) is 22.7 Å². The highest BCUT2D eigenvalue weighted by Gasteiger charge is 2.21. The van der Waals surface area contributed by atoms with Gasteiger partial charge in [0.2, 0.25) is 0 Å². The van der Waals surface area contributed by atoms with Gasteiger partial charge in [0.1, 0.15) is 5.82 Å². The lowest BCUT2D eigenvalue weighted by Gasteiger charge is -2.30. The van der Waals surface area contributed by atoms with Crippen LogP contribution in [0, 0.1) is 0 Å². The lowest BCUT2D eigenvalue weighted by atomic mass is 9.91. The topological polar surface area (TPSA) is 71.1 Å². The van der Waals surface area contributed by atoms with Gasteiger partial charge in [-0.1, -0.05) is 11.6 Å². The molecular formula is C18H26ClN5OS. The third-order valence-corrected chi connectivity index (χ3v) is 5.83. The molecule has 26 heavy (non-hydrogen) atoms. The maximum atomic E-state index is 6.34. The molecule has 142 valence electrons. The van der Waals surface area contributed by atoms with Gasteiger partial charge in [0.05, 0.1) is 17.3 Å². The summed E-state index contributed by atoms with van der Waals surface area (Å²) >= 11 is 7.91. The van der Waals surface area contributed by atoms with E-state index in [1.807, 2.05) is 18.5 Å². The fraction of sp³-hybridized carbons (Fsp3) is 0.556. The van der Waals surface area contributed by atoms with Gasteiger partial charge in [-0.3, -0.25) is 0 Å². The first-order valence-electron chi connectivity index (χ1n) is 8.97. The van der Waals surface area contributed by atoms with E-state index >= 15 is 0 Å². The van der Waals surface area contributed by atoms with E-state index in [0.29, 0.717) is 17.1 Å². The summed E-state index contributed by atoms with van der Waals surface area (Å²) in [5.74, 6) is 0.860. The van der Waals surface area contributed by atoms with Gasteiger partial charge in [-0.05, 0) is 31.7 Å². The first kappa shape index (κ1) is 19.4. The first-order chi connectivity index (χ1) is 12.7. The third-order valence-electron chi connectivity index (χ3n) is 4.67. The maximum absolute atomic E-state index is 6.34. The van der Waals surface area contributed by atoms with Crippen molar-refractivity contribution in [1.29, 1.82) is 0 Å². The minimum atomic E-state index is 0.445. The van der Waals surface area contributed by atoms with Crippen LogP contribution < -0.4 is 16.0 Å². The Morgan fingerprint density at radius 3 is 2.73 bits per heavy atom. The number of anilines is 2. The van der Waals surface area contributed by atoms with Crippen LogP contribution in [-0.2, 0) is 4.74 Å². The van der Waals surface area contributed by atoms with Crippen molar-refractivity contribution in [3.63, 3.8) is 0 Å². The Balaban J connectivity index is 1.58. The number of hydrogen-bond acceptors (Lipinski definition) is 7. The molecule has 0 aromatic carbocycles. The molecule has 0 atom stereocenters. The zero-order chi connectivity index (χ0) is 18.4. The molecule has 0 spiro atoms. The predicted octanol–water partition coefficient (Wildman–Crippen LogP) is 3.86. The number of aromatic nitrogens is 2. The summed E-state index contributed by atoms with van der Waals surface area (Å²) in [7, 11) is 3.60. The number of nitrogens with zero attached hydrogens (tertiary/aromatic N) is 2. The Labute approximate surface area is 163 Å². The average molecular weight is 396 g/mol. The largest absolute Gasteiger partial charge is 0.383 e. The number of thiazole rings is 1. The van der Waals surface area contributed by atoms with Crippen LogP contribution in [0.4, 0.5) is 10.9 Å². The molecule has 1 saturated carbocycles. The van der Waals surface area contributed by atoms with Crippen LogP contribution in [0.5, 0.6) is 0 Å². The number of pyridine rings is 1. The minimum Gasteiger partial charge on any atom is -0.383 e. The van der Waals surface area contributed by atoms with Gasteiger partial charge < -0.3 is 20.7 Å². The van der Waals surface area contributed by atoms with Crippen molar-refractivity contribution in [1.82, 2.24) is 15.3 Å². The summed E-state index contributed by atoms with van der Waals surface area (Å²) < 4.78 is 5.10. The molecule has 8 heteroatoms. The number of nitrogens with one attached hydrogen (secondary N) is 3. The highest BCUT2D eigenvalue weighted by Crippen LogP contribution is 2.32. The number of methoxy groups -OCH3 is 1. The standard InChI is InChI=1S/C18H26ClN5OS/c1-20-18-24-16(11-26-18)14-9-17(22-10-15(14)19)23-13-5-3-12(4-6-13)21-7-8-25-2/h9-13,21H,3-8H2,1-2H3,(H,20,24)(H,22,23)/t12-,13-. The second-order valence-electron chi connectivity index (χ2n) is 6.48. The Hall–Kier alpha value is -1.41. The van der Waals surface area contributed by atoms with E-state index in [0.717, 1.165) is 48.2 Å². The van der Waals surface area contributed by atoms with Crippen LogP contribution in [0.3, 0.4) is 0 Å². The van der Waals surface area contributed by atoms with Crippen LogP contribution in [0.15, 0.2) is 17.6 Å². The number of hydrogen-bond donors (Lipinski definition) is 3. The summed E-state index contributed by atoms with van der Waals surface area (Å²) in [4.78, 5) is 8.99. The van der Waals surface area contributed by atoms with Crippen LogP contribution in [-0.4, -0.2) is 49.4 Å². The molecule has 2 aromatic heterocycles. The summed E-state index contributed by atoms with van der Waals surface area (Å²) in [5.41, 5.74) is 1.79. The zero-order valence-electron chi connectivity index (χ0n) is 15.2. The maximum Gasteiger partial charge on any atom is 0.182 e. The van der Waals surface area contributed by atoms with E-state index in [-0.39, 0.29) is 0 Å². The number of ether oxygens (including phenoxy) is 1. The van der Waals surface area contributed by atoms with Gasteiger partial charge in [0, 0.05) is 49.9 Å². The van der Waals surface area contributed by atoms with E-state index in [2.05, 4.69) is 25.9 Å². The molecule has 3 rings (SSSR count). The molecule has 0 radical (unpaired) electrons. The highest BCUT2D eigenvalue weighted by molar-refractivity contribution is 7.14. The van der Waals surface area contributed by atoms with Crippen molar-refractivity contribution in [2.45, 2.75) is 37.8 Å². The average Bonchev–Trinajstić information content (AvgIpc) is 3.14. The molecule has 1 aliphatic carbocycles. The molecule has 1 fully saturated rings. The summed E-state index contributed by atoms with van der Waals surface area (Å²) in [6.45, 7) is 1.69. The molecule has 0 unspecified atom stereocenters. The lowest BCUT2D eigenvalue weighted by Crippen LogP contribution is -2.38. The van der Waals surface area contributed by atoms with E-state index in [1.165, 1.54) is 12.8 Å². The second kappa shape index (κ2) is 9.50. The summed E-state index contributed by atoms with van der Waals surface area (Å²) in [6.07, 6.45) is 6.30. The van der Waals surface area contributed by atoms with Gasteiger partial charge in [-0.2, -0.15) is 0 Å². The minimum absolute atomic E-state index is 0.445. The molecule has 0 amide bonds. The monoisotopic (exact) mass is 395 g/mol. The van der Waals surface area contributed by atoms with Crippen molar-refractivity contribution in [2.24, 2.45) is 0 Å². The van der Waals surface area contributed by atoms with Gasteiger partial charge in [0.15, 0.2) is 5.13 Å². The van der Waals surface area contributed by atoms with Gasteiger partial charge >= 0.3 is 0 Å². The normalized spacial score (nSPS) is 20.1. The van der Waals surface area contributed by atoms with Gasteiger partial charge in [-0.15, -0.1) is 11.3 Å². The predicted molar refractivity (Wildman–Crippen MR) is 109 cm³/mol. The van der Waals surface area contributed by atoms with Gasteiger partial charge in [-0.25, -0.2) is 9.97 Å². The molecule has 6 nitrogen and oxygen atoms in total. The van der Waals surface area contributed by atoms with Gasteiger partial charge in [0.25, 0.3) is 0 Å². The van der Waals surface area contributed by atoms with Crippen LogP contribution in [0.1, 0.15) is 25.7 Å². The SMILES string of the molecule is CNc1nc(-c2cc(N[C@H]3CC[C@H](NCCOC)CC3)ncc2Cl)cs1. The molecule has 0 bridgehead atoms. The van der Waals surface area contributed by atoms with E-state index in [1.54, 1.807) is 24.6 Å². The summed E-state index contributed by atoms with van der Waals surface area (Å²) in [5, 5.41) is 13.7. The fourth-order valence-corrected chi connectivity index (χ4v) is 4.11. The molecule has 2 aromatic rings. The lowest BCUT2D eigenvalue weighted by molar-refractivity contribution is 0.191. The van der Waals surface area contributed by atoms with Crippen LogP contribution >= 0.6 is 22.9 Å². The smallest absolute Gasteiger partial charge is 0.182 e. The Morgan fingerprint density at radius 2 is 2.04 bits per heavy atom. The number of rotatable bonds is 8. The van der Waals surface area contributed by atoms with Crippen molar-refractivity contribution < 1.29 is 4.74 Å². The highest BCUT2D eigenvalue weighted by atomic mass is 35.5.